The van der Waals surface area contributed by atoms with Gasteiger partial charge in [0.1, 0.15) is 6.61 Å². The highest BCUT2D eigenvalue weighted by atomic mass is 32.2. The molecule has 0 aromatic heterocycles. The number of allylic oxidation sites excluding steroid dienone is 1. The van der Waals surface area contributed by atoms with Gasteiger partial charge in [0.2, 0.25) is 5.12 Å². The predicted octanol–water partition coefficient (Wildman–Crippen LogP) is 2.87. The van der Waals surface area contributed by atoms with Crippen molar-refractivity contribution < 1.29 is 19.2 Å². The van der Waals surface area contributed by atoms with Crippen LogP contribution in [0.5, 0.6) is 0 Å². The standard InChI is InChI=1S/C15H15NO4S/c1-10-8-12-15(2,13(17)21-12)20-16(10)14(18)19-9-11-6-4-3-5-7-11/h3-8,12H,9H2,1-2H3. The highest BCUT2D eigenvalue weighted by molar-refractivity contribution is 8.16. The normalized spacial score (nSPS) is 27.5. The van der Waals surface area contributed by atoms with Crippen LogP contribution in [-0.2, 0) is 21.0 Å². The summed E-state index contributed by atoms with van der Waals surface area (Å²) in [4.78, 5) is 29.4. The van der Waals surface area contributed by atoms with Crippen molar-refractivity contribution in [2.24, 2.45) is 0 Å². The van der Waals surface area contributed by atoms with Gasteiger partial charge in [-0.1, -0.05) is 42.1 Å². The van der Waals surface area contributed by atoms with E-state index in [0.717, 1.165) is 10.6 Å². The molecule has 1 saturated heterocycles. The Bertz CT molecular complexity index is 615. The van der Waals surface area contributed by atoms with E-state index >= 15 is 0 Å². The number of fused-ring (bicyclic) bond motifs is 1. The molecular formula is C15H15NO4S. The van der Waals surface area contributed by atoms with Crippen LogP contribution in [0.3, 0.4) is 0 Å². The molecule has 2 aliphatic heterocycles. The van der Waals surface area contributed by atoms with Crippen molar-refractivity contribution in [3.63, 3.8) is 0 Å². The second kappa shape index (κ2) is 5.20. The fourth-order valence-corrected chi connectivity index (χ4v) is 3.28. The zero-order chi connectivity index (χ0) is 15.0. The smallest absolute Gasteiger partial charge is 0.438 e. The Morgan fingerprint density at radius 3 is 2.81 bits per heavy atom. The molecule has 2 unspecified atom stereocenters. The van der Waals surface area contributed by atoms with Crippen LogP contribution in [0.1, 0.15) is 19.4 Å². The van der Waals surface area contributed by atoms with Crippen LogP contribution in [0.25, 0.3) is 0 Å². The number of carbonyl (C=O) groups is 2. The van der Waals surface area contributed by atoms with E-state index in [1.807, 2.05) is 36.4 Å². The van der Waals surface area contributed by atoms with Gasteiger partial charge in [-0.15, -0.1) is 0 Å². The highest BCUT2D eigenvalue weighted by Crippen LogP contribution is 2.47. The number of nitrogens with zero attached hydrogens (tertiary/aromatic N) is 1. The minimum Gasteiger partial charge on any atom is -0.443 e. The van der Waals surface area contributed by atoms with Crippen LogP contribution in [0.15, 0.2) is 42.1 Å². The van der Waals surface area contributed by atoms with Gasteiger partial charge in [-0.2, -0.15) is 5.06 Å². The summed E-state index contributed by atoms with van der Waals surface area (Å²) in [5, 5.41) is 0.956. The Hall–Kier alpha value is -1.79. The maximum Gasteiger partial charge on any atom is 0.438 e. The molecule has 110 valence electrons. The molecule has 0 spiro atoms. The maximum absolute atomic E-state index is 12.1. The van der Waals surface area contributed by atoms with Crippen LogP contribution in [-0.4, -0.2) is 27.1 Å². The van der Waals surface area contributed by atoms with E-state index < -0.39 is 11.7 Å². The molecule has 1 aromatic carbocycles. The van der Waals surface area contributed by atoms with Crippen LogP contribution in [0, 0.1) is 0 Å². The molecular weight excluding hydrogens is 290 g/mol. The van der Waals surface area contributed by atoms with E-state index in [1.165, 1.54) is 11.8 Å². The zero-order valence-corrected chi connectivity index (χ0v) is 12.6. The Balaban J connectivity index is 1.67. The second-order valence-electron chi connectivity index (χ2n) is 5.17. The van der Waals surface area contributed by atoms with Gasteiger partial charge in [0.25, 0.3) is 0 Å². The molecule has 0 bridgehead atoms. The number of hydroxylamine groups is 2. The minimum atomic E-state index is -0.962. The molecule has 21 heavy (non-hydrogen) atoms. The number of hydrogen-bond donors (Lipinski definition) is 0. The first-order valence-corrected chi connectivity index (χ1v) is 7.48. The van der Waals surface area contributed by atoms with Gasteiger partial charge in [-0.25, -0.2) is 9.63 Å². The van der Waals surface area contributed by atoms with E-state index in [1.54, 1.807) is 13.8 Å². The van der Waals surface area contributed by atoms with Gasteiger partial charge in [0.05, 0.1) is 5.25 Å². The molecule has 6 heteroatoms. The maximum atomic E-state index is 12.1. The number of rotatable bonds is 2. The molecule has 1 amide bonds. The molecule has 2 aliphatic rings. The van der Waals surface area contributed by atoms with E-state index in [0.29, 0.717) is 5.70 Å². The lowest BCUT2D eigenvalue weighted by atomic mass is 10.00. The molecule has 2 atom stereocenters. The molecule has 3 rings (SSSR count). The largest absolute Gasteiger partial charge is 0.443 e. The lowest BCUT2D eigenvalue weighted by Crippen LogP contribution is -2.61. The number of thioether (sulfide) groups is 1. The van der Waals surface area contributed by atoms with Gasteiger partial charge in [0.15, 0.2) is 5.60 Å². The summed E-state index contributed by atoms with van der Waals surface area (Å²) in [5.74, 6) is 0. The Kier molecular flexibility index (Phi) is 3.51. The quantitative estimate of drug-likeness (QED) is 0.841. The van der Waals surface area contributed by atoms with E-state index in [4.69, 9.17) is 9.57 Å². The Morgan fingerprint density at radius 1 is 1.43 bits per heavy atom. The van der Waals surface area contributed by atoms with Crippen molar-refractivity contribution in [2.75, 3.05) is 0 Å². The van der Waals surface area contributed by atoms with Crippen molar-refractivity contribution in [3.8, 4) is 0 Å². The summed E-state index contributed by atoms with van der Waals surface area (Å²) in [6.45, 7) is 3.61. The monoisotopic (exact) mass is 305 g/mol. The van der Waals surface area contributed by atoms with Crippen LogP contribution in [0.2, 0.25) is 0 Å². The lowest BCUT2D eigenvalue weighted by Gasteiger charge is -2.47. The van der Waals surface area contributed by atoms with Gasteiger partial charge in [-0.05, 0) is 25.5 Å². The average molecular weight is 305 g/mol. The third-order valence-corrected chi connectivity index (χ3v) is 5.01. The topological polar surface area (TPSA) is 55.8 Å². The van der Waals surface area contributed by atoms with Crippen molar-refractivity contribution >= 4 is 23.0 Å². The first-order valence-electron chi connectivity index (χ1n) is 6.60. The second-order valence-corrected chi connectivity index (χ2v) is 6.28. The molecule has 1 aromatic rings. The number of benzene rings is 1. The van der Waals surface area contributed by atoms with Gasteiger partial charge >= 0.3 is 6.09 Å². The lowest BCUT2D eigenvalue weighted by molar-refractivity contribution is -0.206. The molecule has 5 nitrogen and oxygen atoms in total. The first kappa shape index (κ1) is 14.2. The van der Waals surface area contributed by atoms with Gasteiger partial charge in [-0.3, -0.25) is 4.79 Å². The molecule has 0 N–H and O–H groups in total. The predicted molar refractivity (Wildman–Crippen MR) is 78.1 cm³/mol. The molecule has 0 radical (unpaired) electrons. The van der Waals surface area contributed by atoms with Crippen LogP contribution in [0.4, 0.5) is 4.79 Å². The van der Waals surface area contributed by atoms with Crippen molar-refractivity contribution in [3.05, 3.63) is 47.7 Å². The van der Waals surface area contributed by atoms with Crippen molar-refractivity contribution in [2.45, 2.75) is 31.3 Å². The summed E-state index contributed by atoms with van der Waals surface area (Å²) in [7, 11) is 0. The number of amides is 1. The Labute approximate surface area is 126 Å². The molecule has 0 saturated carbocycles. The summed E-state index contributed by atoms with van der Waals surface area (Å²) in [6.07, 6.45) is 1.25. The van der Waals surface area contributed by atoms with E-state index in [-0.39, 0.29) is 17.0 Å². The van der Waals surface area contributed by atoms with E-state index in [2.05, 4.69) is 0 Å². The fraction of sp³-hybridized carbons (Fsp3) is 0.333. The summed E-state index contributed by atoms with van der Waals surface area (Å²) < 4.78 is 5.23. The molecule has 1 fully saturated rings. The first-order chi connectivity index (χ1) is 10.0. The summed E-state index contributed by atoms with van der Waals surface area (Å²) in [6, 6.07) is 9.39. The highest BCUT2D eigenvalue weighted by Gasteiger charge is 2.57. The number of hydrogen-bond acceptors (Lipinski definition) is 5. The number of ether oxygens (including phenoxy) is 1. The molecule has 0 aliphatic carbocycles. The van der Waals surface area contributed by atoms with Crippen LogP contribution < -0.4 is 0 Å². The third-order valence-electron chi connectivity index (χ3n) is 3.55. The minimum absolute atomic E-state index is 0.0387. The fourth-order valence-electron chi connectivity index (χ4n) is 2.19. The van der Waals surface area contributed by atoms with E-state index in [9.17, 15) is 9.59 Å². The summed E-state index contributed by atoms with van der Waals surface area (Å²) in [5.41, 5.74) is 0.565. The Morgan fingerprint density at radius 2 is 2.14 bits per heavy atom. The summed E-state index contributed by atoms with van der Waals surface area (Å²) >= 11 is 1.22. The zero-order valence-electron chi connectivity index (χ0n) is 11.7. The van der Waals surface area contributed by atoms with Crippen molar-refractivity contribution in [1.82, 2.24) is 5.06 Å². The van der Waals surface area contributed by atoms with Gasteiger partial charge < -0.3 is 4.74 Å². The third kappa shape index (κ3) is 2.45. The van der Waals surface area contributed by atoms with Gasteiger partial charge in [0, 0.05) is 5.70 Å². The van der Waals surface area contributed by atoms with Crippen LogP contribution >= 0.6 is 11.8 Å². The SMILES string of the molecule is CC1=CC2SC(=O)C2(C)ON1C(=O)OCc1ccccc1. The molecule has 2 heterocycles. The average Bonchev–Trinajstić information content (AvgIpc) is 2.49. The van der Waals surface area contributed by atoms with Crippen molar-refractivity contribution in [1.29, 1.82) is 0 Å². The number of carbonyl (C=O) groups excluding carboxylic acids is 2.